The van der Waals surface area contributed by atoms with Crippen LogP contribution in [0.1, 0.15) is 63.5 Å². The van der Waals surface area contributed by atoms with E-state index in [1.165, 1.54) is 0 Å². The Morgan fingerprint density at radius 2 is 1.61 bits per heavy atom. The van der Waals surface area contributed by atoms with Crippen LogP contribution >= 0.6 is 0 Å². The topological polar surface area (TPSA) is 124 Å². The van der Waals surface area contributed by atoms with Gasteiger partial charge in [0, 0.05) is 51.9 Å². The molecule has 1 aliphatic heterocycles. The van der Waals surface area contributed by atoms with Crippen LogP contribution in [0.15, 0.2) is 66.7 Å². The summed E-state index contributed by atoms with van der Waals surface area (Å²) >= 11 is 0. The van der Waals surface area contributed by atoms with Gasteiger partial charge >= 0.3 is 12.1 Å². The maximum absolute atomic E-state index is 14.8. The standard InChI is InChI=1S/C40H50N2O9/c1-40(2,3)51-39(46)41-17-16-35(30-9-6-8-29(22-30)28-10-14-32(15-11-28)50-26-37(43)44)36(25-41)38(45)42(31-12-13-31)24-27-20-33(48-5)23-34(21-27)49-19-7-18-47-4/h6,8-11,14-15,20-23,31,35-36H,7,12-13,16-19,24-26H2,1-5H3,(H,43,44)/t35-,36+/m1/s1. The number of benzene rings is 3. The Kier molecular flexibility index (Phi) is 12.5. The Hall–Kier alpha value is -4.77. The third-order valence-corrected chi connectivity index (χ3v) is 9.01. The molecular weight excluding hydrogens is 652 g/mol. The number of likely N-dealkylation sites (tertiary alicyclic amines) is 1. The molecule has 3 aromatic rings. The third-order valence-electron chi connectivity index (χ3n) is 9.01. The molecule has 2 amide bonds. The van der Waals surface area contributed by atoms with E-state index < -0.39 is 30.2 Å². The average Bonchev–Trinajstić information content (AvgIpc) is 3.96. The van der Waals surface area contributed by atoms with E-state index >= 15 is 0 Å². The van der Waals surface area contributed by atoms with E-state index in [2.05, 4.69) is 12.1 Å². The molecule has 0 radical (unpaired) electrons. The van der Waals surface area contributed by atoms with Gasteiger partial charge in [0.15, 0.2) is 6.61 Å². The number of amides is 2. The number of carbonyl (C=O) groups excluding carboxylic acids is 2. The molecule has 0 aromatic heterocycles. The van der Waals surface area contributed by atoms with Crippen LogP contribution < -0.4 is 14.2 Å². The molecule has 0 spiro atoms. The number of hydrogen-bond donors (Lipinski definition) is 1. The van der Waals surface area contributed by atoms with E-state index in [1.807, 2.05) is 68.1 Å². The molecule has 0 unspecified atom stereocenters. The highest BCUT2D eigenvalue weighted by Crippen LogP contribution is 2.40. The maximum atomic E-state index is 14.8. The van der Waals surface area contributed by atoms with Gasteiger partial charge in [-0.1, -0.05) is 36.4 Å². The average molecular weight is 703 g/mol. The number of aliphatic carboxylic acids is 1. The predicted octanol–water partition coefficient (Wildman–Crippen LogP) is 6.77. The molecule has 3 aromatic carbocycles. The molecule has 1 heterocycles. The van der Waals surface area contributed by atoms with Gasteiger partial charge in [-0.25, -0.2) is 9.59 Å². The Morgan fingerprint density at radius 3 is 2.27 bits per heavy atom. The largest absolute Gasteiger partial charge is 0.497 e. The summed E-state index contributed by atoms with van der Waals surface area (Å²) in [7, 11) is 3.28. The molecule has 0 bridgehead atoms. The van der Waals surface area contributed by atoms with Gasteiger partial charge in [0.1, 0.15) is 22.8 Å². The van der Waals surface area contributed by atoms with Crippen molar-refractivity contribution in [2.24, 2.45) is 5.92 Å². The van der Waals surface area contributed by atoms with E-state index in [9.17, 15) is 14.4 Å². The summed E-state index contributed by atoms with van der Waals surface area (Å²) in [6.07, 6.45) is 2.77. The van der Waals surface area contributed by atoms with Crippen molar-refractivity contribution in [3.8, 4) is 28.4 Å². The number of ether oxygens (including phenoxy) is 5. The summed E-state index contributed by atoms with van der Waals surface area (Å²) in [6.45, 7) is 7.31. The first-order chi connectivity index (χ1) is 24.4. The first-order valence-corrected chi connectivity index (χ1v) is 17.6. The molecular formula is C40H50N2O9. The molecule has 1 saturated carbocycles. The number of hydrogen-bond acceptors (Lipinski definition) is 8. The highest BCUT2D eigenvalue weighted by molar-refractivity contribution is 5.82. The summed E-state index contributed by atoms with van der Waals surface area (Å²) in [5, 5.41) is 8.94. The highest BCUT2D eigenvalue weighted by atomic mass is 16.6. The predicted molar refractivity (Wildman–Crippen MR) is 192 cm³/mol. The molecule has 51 heavy (non-hydrogen) atoms. The third kappa shape index (κ3) is 10.6. The van der Waals surface area contributed by atoms with Gasteiger partial charge in [-0.2, -0.15) is 0 Å². The lowest BCUT2D eigenvalue weighted by Crippen LogP contribution is -2.51. The van der Waals surface area contributed by atoms with Gasteiger partial charge < -0.3 is 38.6 Å². The number of piperidine rings is 1. The lowest BCUT2D eigenvalue weighted by atomic mass is 9.79. The summed E-state index contributed by atoms with van der Waals surface area (Å²) in [4.78, 5) is 42.7. The molecule has 2 fully saturated rings. The van der Waals surface area contributed by atoms with Crippen molar-refractivity contribution in [2.75, 3.05) is 47.1 Å². The summed E-state index contributed by atoms with van der Waals surface area (Å²) in [5.41, 5.74) is 3.17. The van der Waals surface area contributed by atoms with Crippen molar-refractivity contribution in [1.82, 2.24) is 9.80 Å². The second-order valence-corrected chi connectivity index (χ2v) is 14.2. The van der Waals surface area contributed by atoms with Crippen LogP contribution in [-0.2, 0) is 25.6 Å². The number of nitrogens with zero attached hydrogens (tertiary/aromatic N) is 2. The van der Waals surface area contributed by atoms with Gasteiger partial charge in [0.2, 0.25) is 5.91 Å². The minimum Gasteiger partial charge on any atom is -0.497 e. The summed E-state index contributed by atoms with van der Waals surface area (Å²) in [6, 6.07) is 21.3. The smallest absolute Gasteiger partial charge is 0.410 e. The van der Waals surface area contributed by atoms with E-state index in [0.29, 0.717) is 50.0 Å². The molecule has 11 nitrogen and oxygen atoms in total. The van der Waals surface area contributed by atoms with E-state index in [1.54, 1.807) is 31.3 Å². The van der Waals surface area contributed by atoms with Gasteiger partial charge in [0.05, 0.1) is 19.6 Å². The molecule has 2 atom stereocenters. The van der Waals surface area contributed by atoms with Gasteiger partial charge in [0.25, 0.3) is 0 Å². The van der Waals surface area contributed by atoms with Crippen molar-refractivity contribution in [3.05, 3.63) is 77.9 Å². The molecule has 11 heteroatoms. The van der Waals surface area contributed by atoms with Gasteiger partial charge in [-0.05, 0) is 92.5 Å². The van der Waals surface area contributed by atoms with E-state index in [0.717, 1.165) is 41.5 Å². The maximum Gasteiger partial charge on any atom is 0.410 e. The van der Waals surface area contributed by atoms with Crippen molar-refractivity contribution >= 4 is 18.0 Å². The first kappa shape index (κ1) is 37.5. The summed E-state index contributed by atoms with van der Waals surface area (Å²) in [5.74, 6) is 0.135. The minimum absolute atomic E-state index is 0.00600. The number of carboxylic acid groups (broad SMARTS) is 1. The van der Waals surface area contributed by atoms with Crippen LogP contribution in [0.3, 0.4) is 0 Å². The molecule has 1 N–H and O–H groups in total. The number of rotatable bonds is 15. The van der Waals surface area contributed by atoms with E-state index in [4.69, 9.17) is 28.8 Å². The fraction of sp³-hybridized carbons (Fsp3) is 0.475. The van der Waals surface area contributed by atoms with Crippen LogP contribution in [0, 0.1) is 5.92 Å². The lowest BCUT2D eigenvalue weighted by Gasteiger charge is -2.40. The SMILES string of the molecule is COCCCOc1cc(CN(C(=O)[C@H]2CN(C(=O)OC(C)(C)C)CC[C@@H]2c2cccc(-c3ccc(OCC(=O)O)cc3)c2)C2CC2)cc(OC)c1. The molecule has 1 aliphatic carbocycles. The van der Waals surface area contributed by atoms with Crippen LogP contribution in [0.5, 0.6) is 17.2 Å². The van der Waals surface area contributed by atoms with Crippen molar-refractivity contribution in [2.45, 2.75) is 70.6 Å². The Bertz CT molecular complexity index is 1650. The molecule has 274 valence electrons. The van der Waals surface area contributed by atoms with Crippen molar-refractivity contribution in [1.29, 1.82) is 0 Å². The second-order valence-electron chi connectivity index (χ2n) is 14.2. The first-order valence-electron chi connectivity index (χ1n) is 17.6. The Balaban J connectivity index is 1.42. The van der Waals surface area contributed by atoms with Crippen molar-refractivity contribution in [3.63, 3.8) is 0 Å². The van der Waals surface area contributed by atoms with Gasteiger partial charge in [-0.3, -0.25) is 4.79 Å². The fourth-order valence-electron chi connectivity index (χ4n) is 6.43. The zero-order valence-electron chi connectivity index (χ0n) is 30.3. The molecule has 1 saturated heterocycles. The van der Waals surface area contributed by atoms with Crippen molar-refractivity contribution < 1.29 is 43.2 Å². The number of methoxy groups -OCH3 is 2. The zero-order valence-corrected chi connectivity index (χ0v) is 30.3. The van der Waals surface area contributed by atoms with Crippen LogP contribution in [0.4, 0.5) is 4.79 Å². The number of carboxylic acids is 1. The zero-order chi connectivity index (χ0) is 36.5. The van der Waals surface area contributed by atoms with Crippen LogP contribution in [-0.4, -0.2) is 91.6 Å². The minimum atomic E-state index is -1.04. The number of carbonyl (C=O) groups is 3. The Morgan fingerprint density at radius 1 is 0.863 bits per heavy atom. The summed E-state index contributed by atoms with van der Waals surface area (Å²) < 4.78 is 27.8. The monoisotopic (exact) mass is 702 g/mol. The van der Waals surface area contributed by atoms with Crippen LogP contribution in [0.25, 0.3) is 11.1 Å². The molecule has 2 aliphatic rings. The van der Waals surface area contributed by atoms with Gasteiger partial charge in [-0.15, -0.1) is 0 Å². The highest BCUT2D eigenvalue weighted by Gasteiger charge is 2.43. The second kappa shape index (κ2) is 17.0. The van der Waals surface area contributed by atoms with Crippen LogP contribution in [0.2, 0.25) is 0 Å². The Labute approximate surface area is 300 Å². The normalized spacial score (nSPS) is 17.4. The molecule has 5 rings (SSSR count). The lowest BCUT2D eigenvalue weighted by molar-refractivity contribution is -0.140. The quantitative estimate of drug-likeness (QED) is 0.171. The fourth-order valence-corrected chi connectivity index (χ4v) is 6.43. The van der Waals surface area contributed by atoms with E-state index in [-0.39, 0.29) is 24.4 Å².